The normalized spacial score (nSPS) is 13.8. The van der Waals surface area contributed by atoms with Gasteiger partial charge in [-0.15, -0.1) is 0 Å². The molecule has 162 valence electrons. The van der Waals surface area contributed by atoms with Gasteiger partial charge in [0.1, 0.15) is 16.9 Å². The zero-order valence-corrected chi connectivity index (χ0v) is 18.8. The first kappa shape index (κ1) is 19.1. The number of hydrogen-bond donors (Lipinski definition) is 0. The summed E-state index contributed by atoms with van der Waals surface area (Å²) in [6.45, 7) is 4.30. The van der Waals surface area contributed by atoms with Gasteiger partial charge in [0.15, 0.2) is 5.82 Å². The smallest absolute Gasteiger partial charge is 0.163 e. The molecule has 6 aromatic rings. The van der Waals surface area contributed by atoms with Gasteiger partial charge in [-0.3, -0.25) is 4.98 Å². The second kappa shape index (κ2) is 6.81. The Balaban J connectivity index is 1.45. The summed E-state index contributed by atoms with van der Waals surface area (Å²) >= 11 is 0. The Labute approximate surface area is 196 Å². The molecule has 34 heavy (non-hydrogen) atoms. The van der Waals surface area contributed by atoms with Crippen molar-refractivity contribution in [2.45, 2.75) is 19.3 Å². The number of aromatic nitrogens is 4. The minimum absolute atomic E-state index is 0.323. The third-order valence-electron chi connectivity index (χ3n) is 6.77. The first-order chi connectivity index (χ1) is 16.6. The summed E-state index contributed by atoms with van der Waals surface area (Å²) in [5, 5.41) is 2.15. The van der Waals surface area contributed by atoms with E-state index in [1.165, 1.54) is 0 Å². The highest BCUT2D eigenvalue weighted by Crippen LogP contribution is 2.46. The fourth-order valence-electron chi connectivity index (χ4n) is 4.96. The van der Waals surface area contributed by atoms with Crippen molar-refractivity contribution < 1.29 is 4.42 Å². The number of hydrogen-bond acceptors (Lipinski definition) is 5. The van der Waals surface area contributed by atoms with Gasteiger partial charge >= 0.3 is 0 Å². The predicted molar refractivity (Wildman–Crippen MR) is 133 cm³/mol. The highest BCUT2D eigenvalue weighted by molar-refractivity contribution is 6.09. The maximum Gasteiger partial charge on any atom is 0.163 e. The minimum atomic E-state index is -0.323. The highest BCUT2D eigenvalue weighted by atomic mass is 16.3. The van der Waals surface area contributed by atoms with E-state index in [0.717, 1.165) is 61.4 Å². The van der Waals surface area contributed by atoms with E-state index in [0.29, 0.717) is 5.82 Å². The zero-order chi connectivity index (χ0) is 22.9. The molecule has 3 aromatic heterocycles. The van der Waals surface area contributed by atoms with Crippen LogP contribution in [-0.4, -0.2) is 19.9 Å². The van der Waals surface area contributed by atoms with Gasteiger partial charge in [0, 0.05) is 33.5 Å². The van der Waals surface area contributed by atoms with Crippen molar-refractivity contribution in [3.63, 3.8) is 0 Å². The Kier molecular flexibility index (Phi) is 3.83. The van der Waals surface area contributed by atoms with Crippen LogP contribution >= 0.6 is 0 Å². The Morgan fingerprint density at radius 1 is 0.706 bits per heavy atom. The van der Waals surface area contributed by atoms with Crippen molar-refractivity contribution in [3.8, 4) is 34.0 Å². The van der Waals surface area contributed by atoms with Gasteiger partial charge in [-0.05, 0) is 26.0 Å². The van der Waals surface area contributed by atoms with E-state index < -0.39 is 0 Å². The molecule has 0 atom stereocenters. The lowest BCUT2D eigenvalue weighted by molar-refractivity contribution is 0.631. The van der Waals surface area contributed by atoms with Crippen LogP contribution in [0, 0.1) is 0 Å². The quantitative estimate of drug-likeness (QED) is 0.296. The maximum absolute atomic E-state index is 6.24. The third-order valence-corrected chi connectivity index (χ3v) is 6.77. The molecule has 0 N–H and O–H groups in total. The first-order valence-corrected chi connectivity index (χ1v) is 11.3. The monoisotopic (exact) mass is 440 g/mol. The molecule has 0 saturated carbocycles. The molecule has 0 unspecified atom stereocenters. The summed E-state index contributed by atoms with van der Waals surface area (Å²) in [4.78, 5) is 19.7. The average molecular weight is 441 g/mol. The number of fused-ring (bicyclic) bond motifs is 6. The Morgan fingerprint density at radius 2 is 1.50 bits per heavy atom. The lowest BCUT2D eigenvalue weighted by Crippen LogP contribution is -2.17. The number of para-hydroxylation sites is 2. The average Bonchev–Trinajstić information content (AvgIpc) is 3.37. The molecule has 0 amide bonds. The molecule has 1 aliphatic carbocycles. The third kappa shape index (κ3) is 2.61. The van der Waals surface area contributed by atoms with E-state index in [2.05, 4.69) is 26.0 Å². The van der Waals surface area contributed by atoms with E-state index >= 15 is 0 Å². The highest BCUT2D eigenvalue weighted by Gasteiger charge is 2.40. The molecular weight excluding hydrogens is 420 g/mol. The van der Waals surface area contributed by atoms with E-state index in [1.807, 2.05) is 73.1 Å². The van der Waals surface area contributed by atoms with Crippen LogP contribution < -0.4 is 0 Å². The number of nitrogens with zero attached hydrogens (tertiary/aromatic N) is 4. The summed E-state index contributed by atoms with van der Waals surface area (Å²) in [6.07, 6.45) is 3.77. The molecule has 0 fully saturated rings. The van der Waals surface area contributed by atoms with Crippen LogP contribution in [0.2, 0.25) is 0 Å². The van der Waals surface area contributed by atoms with Crippen LogP contribution in [0.15, 0.2) is 89.6 Å². The van der Waals surface area contributed by atoms with E-state index in [4.69, 9.17) is 24.4 Å². The van der Waals surface area contributed by atoms with Crippen molar-refractivity contribution in [2.24, 2.45) is 0 Å². The molecular formula is C29H20N4O. The molecule has 3 heterocycles. The van der Waals surface area contributed by atoms with Crippen molar-refractivity contribution in [2.75, 3.05) is 0 Å². The molecule has 5 heteroatoms. The number of rotatable bonds is 2. The molecule has 5 nitrogen and oxygen atoms in total. The van der Waals surface area contributed by atoms with Gasteiger partial charge in [-0.25, -0.2) is 15.0 Å². The molecule has 0 radical (unpaired) electrons. The second-order valence-corrected chi connectivity index (χ2v) is 9.18. The van der Waals surface area contributed by atoms with Crippen molar-refractivity contribution in [1.82, 2.24) is 19.9 Å². The van der Waals surface area contributed by atoms with Crippen molar-refractivity contribution >= 4 is 21.9 Å². The first-order valence-electron chi connectivity index (χ1n) is 11.3. The molecule has 0 spiro atoms. The Hall–Kier alpha value is -4.38. The van der Waals surface area contributed by atoms with Gasteiger partial charge in [0.05, 0.1) is 28.8 Å². The zero-order valence-electron chi connectivity index (χ0n) is 18.8. The summed E-state index contributed by atoms with van der Waals surface area (Å²) in [5.41, 5.74) is 7.69. The molecule has 0 bridgehead atoms. The molecule has 7 rings (SSSR count). The summed E-state index contributed by atoms with van der Waals surface area (Å²) in [5.74, 6) is 0.624. The van der Waals surface area contributed by atoms with Crippen LogP contribution in [0.5, 0.6) is 0 Å². The standard InChI is InChI=1S/C29H20N4O/c1-29(2)21-15-31-28(20-13-8-12-19-18-11-6-7-14-23(18)34-26(19)20)33-24(21)25-27(29)30-16-22(32-25)17-9-4-3-5-10-17/h3-16H,1-2H3. The summed E-state index contributed by atoms with van der Waals surface area (Å²) < 4.78 is 6.24. The Bertz CT molecular complexity index is 1730. The van der Waals surface area contributed by atoms with Crippen molar-refractivity contribution in [1.29, 1.82) is 0 Å². The molecule has 1 aliphatic rings. The van der Waals surface area contributed by atoms with Crippen LogP contribution in [0.1, 0.15) is 25.1 Å². The maximum atomic E-state index is 6.24. The van der Waals surface area contributed by atoms with Crippen LogP contribution in [-0.2, 0) is 5.41 Å². The van der Waals surface area contributed by atoms with Gasteiger partial charge in [-0.1, -0.05) is 60.7 Å². The molecule has 3 aromatic carbocycles. The fourth-order valence-corrected chi connectivity index (χ4v) is 4.96. The number of benzene rings is 3. The summed E-state index contributed by atoms with van der Waals surface area (Å²) in [7, 11) is 0. The largest absolute Gasteiger partial charge is 0.455 e. The second-order valence-electron chi connectivity index (χ2n) is 9.18. The van der Waals surface area contributed by atoms with E-state index in [-0.39, 0.29) is 5.41 Å². The van der Waals surface area contributed by atoms with E-state index in [9.17, 15) is 0 Å². The predicted octanol–water partition coefficient (Wildman–Crippen LogP) is 6.81. The summed E-state index contributed by atoms with van der Waals surface area (Å²) in [6, 6.07) is 24.3. The van der Waals surface area contributed by atoms with Gasteiger partial charge in [0.2, 0.25) is 0 Å². The minimum Gasteiger partial charge on any atom is -0.455 e. The van der Waals surface area contributed by atoms with E-state index in [1.54, 1.807) is 0 Å². The molecule has 0 saturated heterocycles. The SMILES string of the molecule is CC1(C)c2cnc(-c3cccc4c3oc3ccccc34)nc2-c2nc(-c3ccccc3)cnc21. The lowest BCUT2D eigenvalue weighted by atomic mass is 9.87. The van der Waals surface area contributed by atoms with Crippen LogP contribution in [0.25, 0.3) is 56.0 Å². The Morgan fingerprint density at radius 3 is 2.38 bits per heavy atom. The topological polar surface area (TPSA) is 64.7 Å². The molecule has 0 aliphatic heterocycles. The lowest BCUT2D eigenvalue weighted by Gasteiger charge is -2.19. The number of furan rings is 1. The van der Waals surface area contributed by atoms with Gasteiger partial charge < -0.3 is 4.42 Å². The van der Waals surface area contributed by atoms with Crippen LogP contribution in [0.3, 0.4) is 0 Å². The van der Waals surface area contributed by atoms with Gasteiger partial charge in [0.25, 0.3) is 0 Å². The van der Waals surface area contributed by atoms with Crippen LogP contribution in [0.4, 0.5) is 0 Å². The van der Waals surface area contributed by atoms with Crippen molar-refractivity contribution in [3.05, 3.63) is 96.4 Å². The fraction of sp³-hybridized carbons (Fsp3) is 0.103. The van der Waals surface area contributed by atoms with Gasteiger partial charge in [-0.2, -0.15) is 0 Å².